The van der Waals surface area contributed by atoms with E-state index in [1.807, 2.05) is 0 Å². The Hall–Kier alpha value is -1.26. The van der Waals surface area contributed by atoms with Crippen LogP contribution in [0.4, 0.5) is 0 Å². The Morgan fingerprint density at radius 1 is 1.43 bits per heavy atom. The lowest BCUT2D eigenvalue weighted by Crippen LogP contribution is -2.48. The molecule has 2 unspecified atom stereocenters. The molecule has 0 aliphatic carbocycles. The van der Waals surface area contributed by atoms with E-state index in [-0.39, 0.29) is 11.6 Å². The molecule has 4 heteroatoms. The molecule has 1 aromatic carbocycles. The smallest absolute Gasteiger partial charge is 0.123 e. The number of hydrogen-bond donors (Lipinski definition) is 1. The fourth-order valence-corrected chi connectivity index (χ4v) is 3.19. The lowest BCUT2D eigenvalue weighted by Gasteiger charge is -2.34. The van der Waals surface area contributed by atoms with Crippen molar-refractivity contribution in [2.45, 2.75) is 51.3 Å². The van der Waals surface area contributed by atoms with Crippen molar-refractivity contribution in [3.8, 4) is 11.5 Å². The van der Waals surface area contributed by atoms with Crippen LogP contribution in [0.15, 0.2) is 12.1 Å². The maximum atomic E-state index is 5.86. The lowest BCUT2D eigenvalue weighted by molar-refractivity contribution is 0.0277. The van der Waals surface area contributed by atoms with Gasteiger partial charge in [-0.15, -0.1) is 0 Å². The zero-order chi connectivity index (χ0) is 14.9. The molecule has 0 radical (unpaired) electrons. The summed E-state index contributed by atoms with van der Waals surface area (Å²) in [4.78, 5) is 0. The molecule has 2 aliphatic heterocycles. The van der Waals surface area contributed by atoms with Gasteiger partial charge < -0.3 is 19.5 Å². The largest absolute Gasteiger partial charge is 0.496 e. The van der Waals surface area contributed by atoms with Crippen LogP contribution < -0.4 is 14.8 Å². The van der Waals surface area contributed by atoms with Crippen molar-refractivity contribution in [1.82, 2.24) is 5.32 Å². The molecular weight excluding hydrogens is 266 g/mol. The van der Waals surface area contributed by atoms with Gasteiger partial charge in [0, 0.05) is 36.2 Å². The predicted molar refractivity (Wildman–Crippen MR) is 82.1 cm³/mol. The topological polar surface area (TPSA) is 39.7 Å². The molecule has 2 heterocycles. The molecule has 3 rings (SSSR count). The second-order valence-corrected chi connectivity index (χ2v) is 6.47. The highest BCUT2D eigenvalue weighted by Crippen LogP contribution is 2.35. The van der Waals surface area contributed by atoms with Crippen LogP contribution in [0.3, 0.4) is 0 Å². The third-order valence-corrected chi connectivity index (χ3v) is 4.44. The van der Waals surface area contributed by atoms with Crippen LogP contribution in [0.5, 0.6) is 11.5 Å². The molecule has 116 valence electrons. The molecule has 2 aliphatic rings. The first-order valence-electron chi connectivity index (χ1n) is 7.79. The van der Waals surface area contributed by atoms with E-state index in [0.29, 0.717) is 0 Å². The quantitative estimate of drug-likeness (QED) is 0.926. The second kappa shape index (κ2) is 5.85. The molecule has 1 N–H and O–H groups in total. The highest BCUT2D eigenvalue weighted by Gasteiger charge is 2.28. The van der Waals surface area contributed by atoms with Gasteiger partial charge in [-0.05, 0) is 38.8 Å². The molecule has 1 aromatic rings. The van der Waals surface area contributed by atoms with Gasteiger partial charge in [0.05, 0.1) is 13.7 Å². The van der Waals surface area contributed by atoms with Crippen molar-refractivity contribution < 1.29 is 14.2 Å². The number of benzene rings is 1. The van der Waals surface area contributed by atoms with Gasteiger partial charge in [0.1, 0.15) is 17.6 Å². The molecule has 0 aromatic heterocycles. The number of methoxy groups -OCH3 is 1. The van der Waals surface area contributed by atoms with E-state index in [1.54, 1.807) is 7.11 Å². The summed E-state index contributed by atoms with van der Waals surface area (Å²) in [6.45, 7) is 6.75. The zero-order valence-electron chi connectivity index (χ0n) is 13.2. The van der Waals surface area contributed by atoms with Crippen LogP contribution in [-0.2, 0) is 17.7 Å². The minimum absolute atomic E-state index is 0.0520. The van der Waals surface area contributed by atoms with Gasteiger partial charge in [-0.3, -0.25) is 0 Å². The monoisotopic (exact) mass is 291 g/mol. The Kier molecular flexibility index (Phi) is 4.09. The first-order chi connectivity index (χ1) is 10.1. The van der Waals surface area contributed by atoms with Gasteiger partial charge >= 0.3 is 0 Å². The van der Waals surface area contributed by atoms with Crippen molar-refractivity contribution >= 4 is 0 Å². The zero-order valence-corrected chi connectivity index (χ0v) is 13.2. The van der Waals surface area contributed by atoms with Gasteiger partial charge in [-0.2, -0.15) is 0 Å². The second-order valence-electron chi connectivity index (χ2n) is 6.47. The summed E-state index contributed by atoms with van der Waals surface area (Å²) >= 11 is 0. The molecule has 0 spiro atoms. The predicted octanol–water partition coefficient (Wildman–Crippen LogP) is 2.68. The summed E-state index contributed by atoms with van der Waals surface area (Å²) in [6.07, 6.45) is 3.49. The van der Waals surface area contributed by atoms with E-state index in [2.05, 4.69) is 31.3 Å². The van der Waals surface area contributed by atoms with E-state index < -0.39 is 0 Å². The number of rotatable bonds is 4. The first kappa shape index (κ1) is 14.7. The third kappa shape index (κ3) is 3.16. The molecule has 21 heavy (non-hydrogen) atoms. The van der Waals surface area contributed by atoms with Gasteiger partial charge in [-0.1, -0.05) is 0 Å². The highest BCUT2D eigenvalue weighted by molar-refractivity contribution is 5.48. The summed E-state index contributed by atoms with van der Waals surface area (Å²) in [5.74, 6) is 1.95. The minimum atomic E-state index is 0.0520. The number of nitrogens with one attached hydrogen (secondary N) is 1. The number of ether oxygens (including phenoxy) is 3. The van der Waals surface area contributed by atoms with E-state index in [0.717, 1.165) is 56.1 Å². The highest BCUT2D eigenvalue weighted by atomic mass is 16.5. The summed E-state index contributed by atoms with van der Waals surface area (Å²) < 4.78 is 17.0. The molecule has 1 fully saturated rings. The van der Waals surface area contributed by atoms with Gasteiger partial charge in [0.2, 0.25) is 0 Å². The lowest BCUT2D eigenvalue weighted by atomic mass is 9.94. The summed E-state index contributed by atoms with van der Waals surface area (Å²) in [5, 5.41) is 3.63. The Balaban J connectivity index is 1.74. The van der Waals surface area contributed by atoms with E-state index in [9.17, 15) is 0 Å². The Morgan fingerprint density at radius 2 is 2.29 bits per heavy atom. The Morgan fingerprint density at radius 3 is 3.00 bits per heavy atom. The summed E-state index contributed by atoms with van der Waals surface area (Å²) in [7, 11) is 1.73. The maximum absolute atomic E-state index is 5.86. The molecular formula is C17H25NO3. The average molecular weight is 291 g/mol. The van der Waals surface area contributed by atoms with Crippen LogP contribution in [0.1, 0.15) is 37.8 Å². The van der Waals surface area contributed by atoms with Crippen LogP contribution in [0, 0.1) is 0 Å². The fraction of sp³-hybridized carbons (Fsp3) is 0.647. The maximum Gasteiger partial charge on any atom is 0.123 e. The van der Waals surface area contributed by atoms with Crippen molar-refractivity contribution in [1.29, 1.82) is 0 Å². The van der Waals surface area contributed by atoms with Crippen molar-refractivity contribution in [2.24, 2.45) is 0 Å². The van der Waals surface area contributed by atoms with E-state index in [4.69, 9.17) is 14.2 Å². The molecule has 0 amide bonds. The van der Waals surface area contributed by atoms with Crippen molar-refractivity contribution in [2.75, 3.05) is 20.3 Å². The molecule has 0 saturated carbocycles. The number of fused-ring (bicyclic) bond motifs is 1. The van der Waals surface area contributed by atoms with Crippen molar-refractivity contribution in [3.05, 3.63) is 23.3 Å². The van der Waals surface area contributed by atoms with E-state index >= 15 is 0 Å². The SMILES string of the molecule is COc1cc2c(cc1CNC1(C)CCCOC1)OC(C)C2. The Bertz CT molecular complexity index is 509. The van der Waals surface area contributed by atoms with Crippen molar-refractivity contribution in [3.63, 3.8) is 0 Å². The standard InChI is InChI=1S/C17H25NO3/c1-12-7-13-8-15(19-3)14(9-16(13)21-12)10-18-17(2)5-4-6-20-11-17/h8-9,12,18H,4-7,10-11H2,1-3H3. The third-order valence-electron chi connectivity index (χ3n) is 4.44. The average Bonchev–Trinajstić information content (AvgIpc) is 2.84. The fourth-order valence-electron chi connectivity index (χ4n) is 3.19. The molecule has 2 atom stereocenters. The Labute approximate surface area is 126 Å². The molecule has 0 bridgehead atoms. The molecule has 1 saturated heterocycles. The summed E-state index contributed by atoms with van der Waals surface area (Å²) in [5.41, 5.74) is 2.45. The van der Waals surface area contributed by atoms with Crippen LogP contribution in [0.25, 0.3) is 0 Å². The minimum Gasteiger partial charge on any atom is -0.496 e. The first-order valence-corrected chi connectivity index (χ1v) is 7.79. The van der Waals surface area contributed by atoms with Gasteiger partial charge in [-0.25, -0.2) is 0 Å². The number of hydrogen-bond acceptors (Lipinski definition) is 4. The molecule has 4 nitrogen and oxygen atoms in total. The normalized spacial score (nSPS) is 28.0. The van der Waals surface area contributed by atoms with Crippen LogP contribution in [0.2, 0.25) is 0 Å². The van der Waals surface area contributed by atoms with E-state index in [1.165, 1.54) is 5.56 Å². The van der Waals surface area contributed by atoms with Crippen LogP contribution >= 0.6 is 0 Å². The van der Waals surface area contributed by atoms with Gasteiger partial charge in [0.15, 0.2) is 0 Å². The van der Waals surface area contributed by atoms with Crippen LogP contribution in [-0.4, -0.2) is 32.0 Å². The summed E-state index contributed by atoms with van der Waals surface area (Å²) in [6, 6.07) is 4.24. The van der Waals surface area contributed by atoms with Gasteiger partial charge in [0.25, 0.3) is 0 Å².